The van der Waals surface area contributed by atoms with Crippen LogP contribution >= 0.6 is 0 Å². The number of aliphatic imine (C=N–C) groups is 1. The Labute approximate surface area is 194 Å². The quantitative estimate of drug-likeness (QED) is 0.424. The van der Waals surface area contributed by atoms with E-state index in [1.165, 1.54) is 0 Å². The Morgan fingerprint density at radius 1 is 1.12 bits per heavy atom. The summed E-state index contributed by atoms with van der Waals surface area (Å²) in [4.78, 5) is 11.7. The number of aryl methyl sites for hydroxylation is 1. The van der Waals surface area contributed by atoms with Gasteiger partial charge in [-0.05, 0) is 49.6 Å². The second kappa shape index (κ2) is 10.8. The van der Waals surface area contributed by atoms with Gasteiger partial charge in [0.25, 0.3) is 0 Å². The highest BCUT2D eigenvalue weighted by molar-refractivity contribution is 5.80. The average Bonchev–Trinajstić information content (AvgIpc) is 3.19. The maximum Gasteiger partial charge on any atom is 0.192 e. The zero-order valence-electron chi connectivity index (χ0n) is 19.5. The maximum absolute atomic E-state index is 5.25. The van der Waals surface area contributed by atoms with Gasteiger partial charge in [-0.15, -0.1) is 10.2 Å². The van der Waals surface area contributed by atoms with Crippen molar-refractivity contribution in [1.29, 1.82) is 0 Å². The zero-order chi connectivity index (χ0) is 23.0. The van der Waals surface area contributed by atoms with Gasteiger partial charge in [0.15, 0.2) is 11.8 Å². The summed E-state index contributed by atoms with van der Waals surface area (Å²) >= 11 is 0. The van der Waals surface area contributed by atoms with E-state index in [0.717, 1.165) is 60.7 Å². The minimum Gasteiger partial charge on any atom is -0.497 e. The molecule has 0 unspecified atom stereocenters. The third-order valence-electron chi connectivity index (χ3n) is 5.98. The van der Waals surface area contributed by atoms with Crippen LogP contribution in [0.25, 0.3) is 0 Å². The van der Waals surface area contributed by atoms with Gasteiger partial charge in [-0.1, -0.05) is 18.2 Å². The number of anilines is 1. The smallest absolute Gasteiger partial charge is 0.192 e. The molecule has 1 saturated heterocycles. The molecule has 0 amide bonds. The molecular formula is C24H32N8O. The molecule has 33 heavy (non-hydrogen) atoms. The first-order chi connectivity index (χ1) is 16.1. The number of guanidine groups is 1. The van der Waals surface area contributed by atoms with Crippen molar-refractivity contribution in [3.63, 3.8) is 0 Å². The highest BCUT2D eigenvalue weighted by Gasteiger charge is 2.21. The van der Waals surface area contributed by atoms with E-state index in [0.29, 0.717) is 19.1 Å². The van der Waals surface area contributed by atoms with E-state index in [2.05, 4.69) is 36.8 Å². The number of aromatic nitrogens is 4. The van der Waals surface area contributed by atoms with E-state index >= 15 is 0 Å². The molecule has 1 fully saturated rings. The molecule has 174 valence electrons. The first-order valence-electron chi connectivity index (χ1n) is 11.3. The summed E-state index contributed by atoms with van der Waals surface area (Å²) in [6.07, 6.45) is 3.88. The largest absolute Gasteiger partial charge is 0.497 e. The minimum atomic E-state index is 0.341. The molecule has 0 aliphatic carbocycles. The molecule has 3 heterocycles. The summed E-state index contributed by atoms with van der Waals surface area (Å²) in [6, 6.07) is 14.4. The number of pyridine rings is 1. The molecule has 2 aromatic heterocycles. The Balaban J connectivity index is 1.39. The highest BCUT2D eigenvalue weighted by Crippen LogP contribution is 2.17. The Bertz CT molecular complexity index is 1040. The molecule has 2 N–H and O–H groups in total. The topological polar surface area (TPSA) is 92.5 Å². The molecule has 9 heteroatoms. The van der Waals surface area contributed by atoms with Crippen molar-refractivity contribution in [2.45, 2.75) is 38.9 Å². The second-order valence-electron chi connectivity index (χ2n) is 8.18. The molecule has 0 radical (unpaired) electrons. The van der Waals surface area contributed by atoms with Crippen LogP contribution in [0.5, 0.6) is 5.75 Å². The number of rotatable bonds is 7. The Kier molecular flexibility index (Phi) is 7.39. The number of nitrogens with one attached hydrogen (secondary N) is 2. The fraction of sp³-hybridized carbons (Fsp3) is 0.417. The predicted octanol–water partition coefficient (Wildman–Crippen LogP) is 2.43. The molecule has 9 nitrogen and oxygen atoms in total. The van der Waals surface area contributed by atoms with E-state index in [-0.39, 0.29) is 0 Å². The van der Waals surface area contributed by atoms with Gasteiger partial charge in [0.1, 0.15) is 17.4 Å². The lowest BCUT2D eigenvalue weighted by atomic mass is 10.1. The molecule has 0 atom stereocenters. The summed E-state index contributed by atoms with van der Waals surface area (Å²) in [6.45, 7) is 5.00. The standard InChI is InChI=1S/C24H32N8O/c1-18-29-30-23(31(18)2)17-27-24(26-16-19-7-9-21(33-3)10-8-19)28-20-11-14-32(15-12-20)22-6-4-5-13-25-22/h4-10,13,20H,11-12,14-17H2,1-3H3,(H2,26,27,28). The number of ether oxygens (including phenoxy) is 1. The van der Waals surface area contributed by atoms with Crippen LogP contribution in [0.15, 0.2) is 53.7 Å². The van der Waals surface area contributed by atoms with Crippen LogP contribution in [0.1, 0.15) is 30.1 Å². The van der Waals surface area contributed by atoms with E-state index in [9.17, 15) is 0 Å². The lowest BCUT2D eigenvalue weighted by molar-refractivity contribution is 0.414. The Morgan fingerprint density at radius 3 is 2.55 bits per heavy atom. The molecule has 1 aliphatic rings. The molecule has 1 aromatic carbocycles. The lowest BCUT2D eigenvalue weighted by Crippen LogP contribution is -2.48. The number of nitrogens with zero attached hydrogens (tertiary/aromatic N) is 6. The lowest BCUT2D eigenvalue weighted by Gasteiger charge is -2.33. The van der Waals surface area contributed by atoms with E-state index < -0.39 is 0 Å². The van der Waals surface area contributed by atoms with Gasteiger partial charge in [0.05, 0.1) is 20.2 Å². The van der Waals surface area contributed by atoms with Crippen molar-refractivity contribution in [2.24, 2.45) is 12.0 Å². The summed E-state index contributed by atoms with van der Waals surface area (Å²) in [5, 5.41) is 15.5. The zero-order valence-corrected chi connectivity index (χ0v) is 19.5. The first-order valence-corrected chi connectivity index (χ1v) is 11.3. The van der Waals surface area contributed by atoms with Gasteiger partial charge in [-0.25, -0.2) is 9.98 Å². The monoisotopic (exact) mass is 448 g/mol. The van der Waals surface area contributed by atoms with E-state index in [4.69, 9.17) is 9.73 Å². The SMILES string of the molecule is COc1ccc(CN=C(NCc2nnc(C)n2C)NC2CCN(c3ccccn3)CC2)cc1. The average molecular weight is 449 g/mol. The molecule has 0 saturated carbocycles. The Hall–Kier alpha value is -3.62. The van der Waals surface area contributed by atoms with Gasteiger partial charge < -0.3 is 24.8 Å². The summed E-state index contributed by atoms with van der Waals surface area (Å²) in [5.41, 5.74) is 1.12. The Morgan fingerprint density at radius 2 is 1.91 bits per heavy atom. The predicted molar refractivity (Wildman–Crippen MR) is 129 cm³/mol. The molecule has 3 aromatic rings. The fourth-order valence-corrected chi connectivity index (χ4v) is 3.81. The summed E-state index contributed by atoms with van der Waals surface area (Å²) in [7, 11) is 3.65. The maximum atomic E-state index is 5.25. The van der Waals surface area contributed by atoms with Crippen LogP contribution in [0.3, 0.4) is 0 Å². The van der Waals surface area contributed by atoms with Crippen molar-refractivity contribution in [3.8, 4) is 5.75 Å². The molecule has 0 spiro atoms. The third-order valence-corrected chi connectivity index (χ3v) is 5.98. The molecular weight excluding hydrogens is 416 g/mol. The molecule has 4 rings (SSSR count). The van der Waals surface area contributed by atoms with Crippen LogP contribution in [-0.4, -0.2) is 51.9 Å². The molecule has 1 aliphatic heterocycles. The number of piperidine rings is 1. The number of methoxy groups -OCH3 is 1. The van der Waals surface area contributed by atoms with Crippen molar-refractivity contribution < 1.29 is 4.74 Å². The number of hydrogen-bond donors (Lipinski definition) is 2. The van der Waals surface area contributed by atoms with E-state index in [1.54, 1.807) is 7.11 Å². The van der Waals surface area contributed by atoms with Crippen LogP contribution in [0, 0.1) is 6.92 Å². The van der Waals surface area contributed by atoms with Crippen molar-refractivity contribution in [2.75, 3.05) is 25.1 Å². The number of benzene rings is 1. The van der Waals surface area contributed by atoms with Gasteiger partial charge in [-0.3, -0.25) is 0 Å². The summed E-state index contributed by atoms with van der Waals surface area (Å²) < 4.78 is 7.24. The van der Waals surface area contributed by atoms with Crippen LogP contribution in [0.4, 0.5) is 5.82 Å². The van der Waals surface area contributed by atoms with Crippen LogP contribution in [0.2, 0.25) is 0 Å². The van der Waals surface area contributed by atoms with Gasteiger partial charge in [0, 0.05) is 32.4 Å². The summed E-state index contributed by atoms with van der Waals surface area (Å²) in [5.74, 6) is 4.43. The highest BCUT2D eigenvalue weighted by atomic mass is 16.5. The number of hydrogen-bond acceptors (Lipinski definition) is 6. The van der Waals surface area contributed by atoms with Crippen LogP contribution < -0.4 is 20.3 Å². The third kappa shape index (κ3) is 6.00. The van der Waals surface area contributed by atoms with Gasteiger partial charge in [0.2, 0.25) is 0 Å². The van der Waals surface area contributed by atoms with Crippen molar-refractivity contribution in [3.05, 3.63) is 65.9 Å². The first kappa shape index (κ1) is 22.6. The van der Waals surface area contributed by atoms with Crippen LogP contribution in [-0.2, 0) is 20.1 Å². The fourth-order valence-electron chi connectivity index (χ4n) is 3.81. The molecule has 0 bridgehead atoms. The van der Waals surface area contributed by atoms with Crippen molar-refractivity contribution in [1.82, 2.24) is 30.4 Å². The van der Waals surface area contributed by atoms with Crippen molar-refractivity contribution >= 4 is 11.8 Å². The normalized spacial score (nSPS) is 14.9. The second-order valence-corrected chi connectivity index (χ2v) is 8.18. The van der Waals surface area contributed by atoms with Gasteiger partial charge in [-0.2, -0.15) is 0 Å². The van der Waals surface area contributed by atoms with Gasteiger partial charge >= 0.3 is 0 Å². The minimum absolute atomic E-state index is 0.341. The van der Waals surface area contributed by atoms with E-state index in [1.807, 2.05) is 61.1 Å².